The van der Waals surface area contributed by atoms with Gasteiger partial charge in [0.05, 0.1) is 0 Å². The van der Waals surface area contributed by atoms with Gasteiger partial charge in [-0.25, -0.2) is 0 Å². The van der Waals surface area contributed by atoms with Crippen LogP contribution < -0.4 is 0 Å². The minimum absolute atomic E-state index is 0.218. The summed E-state index contributed by atoms with van der Waals surface area (Å²) in [6.07, 6.45) is 3.51. The number of pyridine rings is 1. The molecule has 4 heteroatoms. The highest BCUT2D eigenvalue weighted by molar-refractivity contribution is 6.30. The third-order valence-electron chi connectivity index (χ3n) is 3.34. The van der Waals surface area contributed by atoms with Gasteiger partial charge in [-0.3, -0.25) is 9.88 Å². The normalized spacial score (nSPS) is 11.0. The van der Waals surface area contributed by atoms with Crippen LogP contribution in [0.5, 0.6) is 0 Å². The molecule has 2 aromatic rings. The molecule has 1 heterocycles. The standard InChI is InChI=1S/C17H21ClN2O/c18-16-6-3-5-15(13-16)14-20(10-4-12-21)11-8-17-7-1-2-9-19-17/h1-3,5-7,9,13,21H,4,8,10-12,14H2. The Morgan fingerprint density at radius 3 is 2.71 bits per heavy atom. The minimum Gasteiger partial charge on any atom is -0.396 e. The predicted octanol–water partition coefficient (Wildman–Crippen LogP) is 3.16. The van der Waals surface area contributed by atoms with Crippen molar-refractivity contribution in [3.63, 3.8) is 0 Å². The van der Waals surface area contributed by atoms with Crippen LogP contribution >= 0.6 is 11.6 Å². The Morgan fingerprint density at radius 2 is 2.00 bits per heavy atom. The van der Waals surface area contributed by atoms with E-state index in [0.717, 1.165) is 43.2 Å². The first-order valence-electron chi connectivity index (χ1n) is 7.25. The first-order valence-corrected chi connectivity index (χ1v) is 7.63. The lowest BCUT2D eigenvalue weighted by Crippen LogP contribution is -2.27. The molecule has 112 valence electrons. The Labute approximate surface area is 131 Å². The molecule has 0 radical (unpaired) electrons. The van der Waals surface area contributed by atoms with Crippen molar-refractivity contribution in [3.05, 3.63) is 64.9 Å². The molecule has 1 aromatic heterocycles. The lowest BCUT2D eigenvalue weighted by Gasteiger charge is -2.22. The van der Waals surface area contributed by atoms with E-state index in [1.807, 2.05) is 42.6 Å². The van der Waals surface area contributed by atoms with Crippen molar-refractivity contribution in [2.24, 2.45) is 0 Å². The molecule has 0 unspecified atom stereocenters. The fourth-order valence-corrected chi connectivity index (χ4v) is 2.49. The van der Waals surface area contributed by atoms with Gasteiger partial charge in [0.2, 0.25) is 0 Å². The summed E-state index contributed by atoms with van der Waals surface area (Å²) in [7, 11) is 0. The first kappa shape index (κ1) is 16.0. The van der Waals surface area contributed by atoms with Crippen LogP contribution in [-0.4, -0.2) is 34.7 Å². The molecule has 0 amide bonds. The largest absolute Gasteiger partial charge is 0.396 e. The van der Waals surface area contributed by atoms with Crippen molar-refractivity contribution < 1.29 is 5.11 Å². The van der Waals surface area contributed by atoms with Gasteiger partial charge in [0, 0.05) is 49.6 Å². The molecule has 3 nitrogen and oxygen atoms in total. The van der Waals surface area contributed by atoms with Crippen LogP contribution in [0.2, 0.25) is 5.02 Å². The molecule has 21 heavy (non-hydrogen) atoms. The summed E-state index contributed by atoms with van der Waals surface area (Å²) in [6.45, 7) is 2.85. The van der Waals surface area contributed by atoms with Gasteiger partial charge in [-0.05, 0) is 36.2 Å². The van der Waals surface area contributed by atoms with Crippen molar-refractivity contribution in [2.45, 2.75) is 19.4 Å². The number of aliphatic hydroxyl groups is 1. The smallest absolute Gasteiger partial charge is 0.0443 e. The van der Waals surface area contributed by atoms with E-state index in [0.29, 0.717) is 0 Å². The van der Waals surface area contributed by atoms with Gasteiger partial charge in [0.25, 0.3) is 0 Å². The van der Waals surface area contributed by atoms with Gasteiger partial charge in [0.15, 0.2) is 0 Å². The SMILES string of the molecule is OCCCN(CCc1ccccn1)Cc1cccc(Cl)c1. The second-order valence-corrected chi connectivity index (χ2v) is 5.49. The molecular formula is C17H21ClN2O. The summed E-state index contributed by atoms with van der Waals surface area (Å²) in [4.78, 5) is 6.68. The number of benzene rings is 1. The summed E-state index contributed by atoms with van der Waals surface area (Å²) in [5.74, 6) is 0. The van der Waals surface area contributed by atoms with Crippen LogP contribution in [0.4, 0.5) is 0 Å². The molecule has 0 saturated carbocycles. The maximum Gasteiger partial charge on any atom is 0.0443 e. The zero-order valence-electron chi connectivity index (χ0n) is 12.1. The third-order valence-corrected chi connectivity index (χ3v) is 3.57. The van der Waals surface area contributed by atoms with Crippen molar-refractivity contribution in [1.82, 2.24) is 9.88 Å². The molecule has 0 aliphatic rings. The molecule has 0 aliphatic heterocycles. The zero-order chi connectivity index (χ0) is 14.9. The van der Waals surface area contributed by atoms with Gasteiger partial charge in [-0.2, -0.15) is 0 Å². The number of hydrogen-bond donors (Lipinski definition) is 1. The molecule has 0 spiro atoms. The lowest BCUT2D eigenvalue weighted by molar-refractivity contribution is 0.219. The van der Waals surface area contributed by atoms with E-state index in [1.165, 1.54) is 5.56 Å². The number of aliphatic hydroxyl groups excluding tert-OH is 1. The number of nitrogens with zero attached hydrogens (tertiary/aromatic N) is 2. The minimum atomic E-state index is 0.218. The molecule has 1 N–H and O–H groups in total. The van der Waals surface area contributed by atoms with Crippen LogP contribution in [-0.2, 0) is 13.0 Å². The highest BCUT2D eigenvalue weighted by Gasteiger charge is 2.07. The highest BCUT2D eigenvalue weighted by Crippen LogP contribution is 2.13. The molecule has 1 aromatic carbocycles. The van der Waals surface area contributed by atoms with E-state index < -0.39 is 0 Å². The quantitative estimate of drug-likeness (QED) is 0.814. The average molecular weight is 305 g/mol. The van der Waals surface area contributed by atoms with Crippen LogP contribution in [0.15, 0.2) is 48.7 Å². The van der Waals surface area contributed by atoms with Gasteiger partial charge in [0.1, 0.15) is 0 Å². The fourth-order valence-electron chi connectivity index (χ4n) is 2.28. The van der Waals surface area contributed by atoms with Crippen molar-refractivity contribution >= 4 is 11.6 Å². The van der Waals surface area contributed by atoms with Crippen LogP contribution in [0.3, 0.4) is 0 Å². The van der Waals surface area contributed by atoms with Crippen molar-refractivity contribution in [2.75, 3.05) is 19.7 Å². The van der Waals surface area contributed by atoms with E-state index >= 15 is 0 Å². The summed E-state index contributed by atoms with van der Waals surface area (Å²) in [5, 5.41) is 9.81. The molecule has 2 rings (SSSR count). The van der Waals surface area contributed by atoms with Gasteiger partial charge in [-0.15, -0.1) is 0 Å². The Hall–Kier alpha value is -1.42. The number of rotatable bonds is 8. The van der Waals surface area contributed by atoms with E-state index in [9.17, 15) is 0 Å². The van der Waals surface area contributed by atoms with Crippen molar-refractivity contribution in [3.8, 4) is 0 Å². The van der Waals surface area contributed by atoms with Gasteiger partial charge >= 0.3 is 0 Å². The fraction of sp³-hybridized carbons (Fsp3) is 0.353. The third kappa shape index (κ3) is 5.84. The lowest BCUT2D eigenvalue weighted by atomic mass is 10.2. The van der Waals surface area contributed by atoms with Crippen LogP contribution in [0, 0.1) is 0 Å². The Morgan fingerprint density at radius 1 is 1.10 bits per heavy atom. The Bertz CT molecular complexity index is 533. The van der Waals surface area contributed by atoms with Crippen molar-refractivity contribution in [1.29, 1.82) is 0 Å². The van der Waals surface area contributed by atoms with Gasteiger partial charge < -0.3 is 5.11 Å². The topological polar surface area (TPSA) is 36.4 Å². The van der Waals surface area contributed by atoms with E-state index in [-0.39, 0.29) is 6.61 Å². The monoisotopic (exact) mass is 304 g/mol. The van der Waals surface area contributed by atoms with E-state index in [2.05, 4.69) is 16.0 Å². The van der Waals surface area contributed by atoms with E-state index in [4.69, 9.17) is 16.7 Å². The number of aromatic nitrogens is 1. The molecule has 0 saturated heterocycles. The predicted molar refractivity (Wildman–Crippen MR) is 86.4 cm³/mol. The Kier molecular flexibility index (Phi) is 6.67. The van der Waals surface area contributed by atoms with Crippen LogP contribution in [0.25, 0.3) is 0 Å². The second kappa shape index (κ2) is 8.78. The van der Waals surface area contributed by atoms with Crippen LogP contribution in [0.1, 0.15) is 17.7 Å². The number of halogens is 1. The Balaban J connectivity index is 1.94. The number of hydrogen-bond acceptors (Lipinski definition) is 3. The molecule has 0 atom stereocenters. The summed E-state index contributed by atoms with van der Waals surface area (Å²) in [6, 6.07) is 13.9. The summed E-state index contributed by atoms with van der Waals surface area (Å²) in [5.41, 5.74) is 2.29. The molecular weight excluding hydrogens is 284 g/mol. The molecule has 0 fully saturated rings. The summed E-state index contributed by atoms with van der Waals surface area (Å²) < 4.78 is 0. The second-order valence-electron chi connectivity index (χ2n) is 5.05. The molecule has 0 aliphatic carbocycles. The zero-order valence-corrected chi connectivity index (χ0v) is 12.8. The van der Waals surface area contributed by atoms with Gasteiger partial charge in [-0.1, -0.05) is 29.8 Å². The maximum absolute atomic E-state index is 9.05. The van der Waals surface area contributed by atoms with E-state index in [1.54, 1.807) is 0 Å². The maximum atomic E-state index is 9.05. The summed E-state index contributed by atoms with van der Waals surface area (Å²) >= 11 is 6.04. The average Bonchev–Trinajstić information content (AvgIpc) is 2.51. The molecule has 0 bridgehead atoms. The first-order chi connectivity index (χ1) is 10.3. The highest BCUT2D eigenvalue weighted by atomic mass is 35.5.